The first-order valence-corrected chi connectivity index (χ1v) is 41.3. The number of aromatic amines is 2. The predicted molar refractivity (Wildman–Crippen MR) is 466 cm³/mol. The summed E-state index contributed by atoms with van der Waals surface area (Å²) in [7, 11) is 8.86. The molecule has 0 saturated heterocycles. The zero-order valence-electron chi connectivity index (χ0n) is 69.4. The molecule has 0 radical (unpaired) electrons. The minimum atomic E-state index is -5.31. The molecule has 0 bridgehead atoms. The van der Waals surface area contributed by atoms with Crippen LogP contribution in [0, 0.1) is 13.8 Å². The molecule has 124 heavy (non-hydrogen) atoms. The zero-order valence-corrected chi connectivity index (χ0v) is 72.6. The van der Waals surface area contributed by atoms with E-state index in [0.717, 1.165) is 63.4 Å². The number of halogens is 14. The van der Waals surface area contributed by atoms with Gasteiger partial charge in [0, 0.05) is 87.3 Å². The van der Waals surface area contributed by atoms with Crippen molar-refractivity contribution in [3.63, 3.8) is 0 Å². The Morgan fingerprint density at radius 1 is 0.323 bits per heavy atom. The van der Waals surface area contributed by atoms with Crippen LogP contribution in [0.1, 0.15) is 151 Å². The zero-order chi connectivity index (χ0) is 89.9. The molecule has 17 rings (SSSR count). The first kappa shape index (κ1) is 87.6. The second-order valence-electron chi connectivity index (χ2n) is 33.4. The van der Waals surface area contributed by atoms with E-state index in [0.29, 0.717) is 127 Å². The van der Waals surface area contributed by atoms with Crippen molar-refractivity contribution in [2.75, 3.05) is 42.7 Å². The van der Waals surface area contributed by atoms with Crippen LogP contribution in [0.3, 0.4) is 0 Å². The van der Waals surface area contributed by atoms with Gasteiger partial charge < -0.3 is 56.7 Å². The maximum atomic E-state index is 14.6. The third-order valence-corrected chi connectivity index (χ3v) is 24.6. The maximum Gasteiger partial charge on any atom is 0.418 e. The molecule has 9 aromatic carbocycles. The van der Waals surface area contributed by atoms with Gasteiger partial charge in [-0.25, -0.2) is 0 Å². The van der Waals surface area contributed by atoms with Gasteiger partial charge in [0.25, 0.3) is 0 Å². The molecule has 2 N–H and O–H groups in total. The van der Waals surface area contributed by atoms with Crippen LogP contribution in [0.25, 0.3) is 131 Å². The molecule has 2 aliphatic carbocycles. The number of nitrogens with zero attached hydrogens (tertiary/aromatic N) is 4. The van der Waals surface area contributed by atoms with Crippen molar-refractivity contribution in [1.82, 2.24) is 28.2 Å². The monoisotopic (exact) mass is 1850 g/mol. The van der Waals surface area contributed by atoms with Crippen LogP contribution in [0.5, 0.6) is 34.5 Å². The highest BCUT2D eigenvalue weighted by atomic mass is 79.9. The molecule has 18 nitrogen and oxygen atoms in total. The first-order chi connectivity index (χ1) is 58.2. The second-order valence-corrected chi connectivity index (χ2v) is 35.2. The third kappa shape index (κ3) is 14.5. The fraction of sp³-hybridized carbons (Fsp3) is 0.348. The van der Waals surface area contributed by atoms with Gasteiger partial charge in [0.05, 0.1) is 153 Å². The van der Waals surface area contributed by atoms with Crippen molar-refractivity contribution in [1.29, 1.82) is 0 Å². The summed E-state index contributed by atoms with van der Waals surface area (Å²) in [5.41, 5.74) is -6.51. The van der Waals surface area contributed by atoms with Crippen LogP contribution in [0.15, 0.2) is 135 Å². The number of ether oxygens (including phenoxy) is 6. The number of pyridine rings is 6. The summed E-state index contributed by atoms with van der Waals surface area (Å²) in [5, 5.41) is 0.0944. The van der Waals surface area contributed by atoms with E-state index in [2.05, 4.69) is 92.5 Å². The highest BCUT2D eigenvalue weighted by molar-refractivity contribution is 9.10. The fourth-order valence-corrected chi connectivity index (χ4v) is 19.9. The number of alkyl halides is 12. The normalized spacial score (nSPS) is 14.4. The molecule has 650 valence electrons. The van der Waals surface area contributed by atoms with Gasteiger partial charge in [-0.3, -0.25) is 28.8 Å². The number of aryl methyl sites for hydroxylation is 2. The number of H-pyrrole nitrogens is 2. The molecule has 0 atom stereocenters. The summed E-state index contributed by atoms with van der Waals surface area (Å²) in [5.74, 6) is 1.92. The summed E-state index contributed by atoms with van der Waals surface area (Å²) < 4.78 is 216. The van der Waals surface area contributed by atoms with Crippen molar-refractivity contribution in [2.45, 2.75) is 167 Å². The molecular formula is C92H82Br2F12N6O12. The van der Waals surface area contributed by atoms with E-state index >= 15 is 0 Å². The molecule has 0 unspecified atom stereocenters. The topological polar surface area (TPSA) is 209 Å². The summed E-state index contributed by atoms with van der Waals surface area (Å²) in [6.07, 6.45) is -17.4. The number of aromatic nitrogens is 6. The summed E-state index contributed by atoms with van der Waals surface area (Å²) in [6, 6.07) is 19.0. The number of rotatable bonds is 8. The molecule has 6 aromatic heterocycles. The minimum Gasteiger partial charge on any atom is -0.493 e. The van der Waals surface area contributed by atoms with Crippen molar-refractivity contribution in [3.8, 4) is 34.5 Å². The average molecular weight is 1850 g/mol. The fourth-order valence-electron chi connectivity index (χ4n) is 18.7. The number of benzene rings is 9. The number of hydrogen-bond donors (Lipinski definition) is 2. The number of hydrogen-bond acceptors (Lipinski definition) is 12. The van der Waals surface area contributed by atoms with Crippen molar-refractivity contribution < 1.29 is 81.1 Å². The van der Waals surface area contributed by atoms with Gasteiger partial charge >= 0.3 is 24.7 Å². The van der Waals surface area contributed by atoms with E-state index in [1.807, 2.05) is 50.2 Å². The Morgan fingerprint density at radius 3 is 0.919 bits per heavy atom. The highest BCUT2D eigenvalue weighted by Crippen LogP contribution is 2.50. The van der Waals surface area contributed by atoms with Crippen LogP contribution >= 0.6 is 31.9 Å². The Kier molecular flexibility index (Phi) is 22.2. The lowest BCUT2D eigenvalue weighted by Crippen LogP contribution is -2.28. The third-order valence-electron chi connectivity index (χ3n) is 23.7. The summed E-state index contributed by atoms with van der Waals surface area (Å²) in [4.78, 5) is 90.4. The Balaban J connectivity index is 0.000000148. The first-order valence-electron chi connectivity index (χ1n) is 39.7. The van der Waals surface area contributed by atoms with Gasteiger partial charge in [-0.15, -0.1) is 0 Å². The lowest BCUT2D eigenvalue weighted by atomic mass is 9.91. The van der Waals surface area contributed by atoms with Gasteiger partial charge in [-0.2, -0.15) is 52.7 Å². The number of nitrogens with one attached hydrogen (secondary N) is 2. The van der Waals surface area contributed by atoms with Gasteiger partial charge in [-0.1, -0.05) is 70.4 Å². The molecule has 2 fully saturated rings. The summed E-state index contributed by atoms with van der Waals surface area (Å²) in [6.45, 7) is 16.9. The van der Waals surface area contributed by atoms with Crippen LogP contribution in [0.2, 0.25) is 0 Å². The van der Waals surface area contributed by atoms with Crippen molar-refractivity contribution >= 4 is 163 Å². The molecule has 15 aromatic rings. The highest BCUT2D eigenvalue weighted by Gasteiger charge is 2.44. The molecule has 0 spiro atoms. The van der Waals surface area contributed by atoms with Crippen molar-refractivity contribution in [3.05, 3.63) is 201 Å². The lowest BCUT2D eigenvalue weighted by Gasteiger charge is -2.32. The van der Waals surface area contributed by atoms with Gasteiger partial charge in [-0.05, 0) is 177 Å². The molecule has 2 saturated carbocycles. The Labute approximate surface area is 713 Å². The Hall–Kier alpha value is -11.3. The van der Waals surface area contributed by atoms with Crippen LogP contribution < -0.4 is 61.0 Å². The van der Waals surface area contributed by atoms with E-state index in [9.17, 15) is 81.5 Å². The molecule has 32 heteroatoms. The summed E-state index contributed by atoms with van der Waals surface area (Å²) >= 11 is 7.17. The van der Waals surface area contributed by atoms with Gasteiger partial charge in [0.2, 0.25) is 22.4 Å². The lowest BCUT2D eigenvalue weighted by molar-refractivity contribution is -0.139. The van der Waals surface area contributed by atoms with Crippen LogP contribution in [-0.2, 0) is 35.8 Å². The van der Waals surface area contributed by atoms with E-state index in [1.165, 1.54) is 42.7 Å². The quantitative estimate of drug-likeness (QED) is 0.108. The van der Waals surface area contributed by atoms with Gasteiger partial charge in [0.1, 0.15) is 0 Å². The number of methoxy groups -OCH3 is 6. The van der Waals surface area contributed by atoms with Crippen LogP contribution in [-0.4, -0.2) is 70.9 Å². The second kappa shape index (κ2) is 31.4. The minimum absolute atomic E-state index is 0.0210. The average Bonchev–Trinajstić information content (AvgIpc) is 0.706. The number of fused-ring (bicyclic) bond motifs is 12. The molecular weight excluding hydrogens is 1770 g/mol. The maximum absolute atomic E-state index is 14.6. The predicted octanol–water partition coefficient (Wildman–Crippen LogP) is 23.7. The smallest absolute Gasteiger partial charge is 0.418 e. The molecule has 6 heterocycles. The SMILES string of the molecule is COc1cc2[nH]c3cc4c(=O)c5c(OC)c(OC)c(OC)cc5[nH]c4cc3c(=O)c2c(OC)c1OC.Cc1cc(Br)cc2c(=O)c3cc4c(cc3n(C(C)(C)C)c12)c(=O)c1cc(Br)cc(C)c1n4C(C)(C)C.O=c1c2cc3c(cc2n(C2CCCCC2)c2c(C(F)(F)F)ccc(C(F)(F)F)c12)c(=O)c1c(C(F)(F)F)ccc(C(F)(F)F)c1n3C1CCCCC1. The largest absolute Gasteiger partial charge is 0.493 e. The van der Waals surface area contributed by atoms with E-state index in [4.69, 9.17) is 28.4 Å². The standard InChI is InChI=1S/C36H28F12N2O2.C30H30Br2N2O2.C26H24N2O8/c37-33(38,39)21-11-13-23(35(43,44)45)29-27(21)31(51)19-16-26-20(15-25(19)49(29)17-7-3-1-4-8-17)32(52)28-22(34(40,41)42)12-14-24(36(46,47)48)30(28)50(26)18-9-5-2-6-10-18;1-15-9-17(31)11-21-25(15)33(29(3,4)5)23-13-20-24(14-19(23)27(21)35)34(30(6,7)8)26-16(2)10-18(32)12-22(26)28(20)36;1-31-17-9-15-19(25(35-5)23(17)33-3)21(29)11-8-14-12(7-13(11)27-15)22(30)20-16(28-14)10-18(32-2)24(34-4)26(20)36-6/h11-18H,1-10H2;9-14H,1-8H3;7-10H,1-6H3,(H,27,29)(H,28,30). The molecule has 0 amide bonds. The van der Waals surface area contributed by atoms with E-state index in [1.54, 1.807) is 24.3 Å². The Bertz CT molecular complexity index is 7020. The van der Waals surface area contributed by atoms with E-state index in [-0.39, 0.29) is 94.2 Å². The molecule has 2 aliphatic rings. The molecule has 0 aliphatic heterocycles. The van der Waals surface area contributed by atoms with Crippen molar-refractivity contribution in [2.24, 2.45) is 0 Å². The van der Waals surface area contributed by atoms with Gasteiger partial charge in [0.15, 0.2) is 44.7 Å². The van der Waals surface area contributed by atoms with Crippen LogP contribution in [0.4, 0.5) is 52.7 Å². The Morgan fingerprint density at radius 2 is 0.621 bits per heavy atom. The van der Waals surface area contributed by atoms with E-state index < -0.39 is 114 Å².